The van der Waals surface area contributed by atoms with Gasteiger partial charge >= 0.3 is 0 Å². The number of hydrogen-bond acceptors (Lipinski definition) is 3. The van der Waals surface area contributed by atoms with Gasteiger partial charge in [-0.2, -0.15) is 12.6 Å². The van der Waals surface area contributed by atoms with Crippen LogP contribution in [0.3, 0.4) is 0 Å². The standard InChI is InChI=1S/C8H8ClNOS/c9-8-4-3-7(11)6(10-8)2-1-5-12/h1-4,11-12H,5H2. The molecular formula is C8H8ClNOS. The van der Waals surface area contributed by atoms with Crippen molar-refractivity contribution in [3.8, 4) is 5.75 Å². The highest BCUT2D eigenvalue weighted by molar-refractivity contribution is 7.80. The van der Waals surface area contributed by atoms with E-state index in [1.54, 1.807) is 12.2 Å². The Bertz CT molecular complexity index is 301. The van der Waals surface area contributed by atoms with Gasteiger partial charge in [-0.15, -0.1) is 0 Å². The van der Waals surface area contributed by atoms with Gasteiger partial charge in [-0.1, -0.05) is 17.7 Å². The molecule has 0 aliphatic rings. The van der Waals surface area contributed by atoms with Gasteiger partial charge in [0.25, 0.3) is 0 Å². The van der Waals surface area contributed by atoms with Gasteiger partial charge in [0.15, 0.2) is 0 Å². The van der Waals surface area contributed by atoms with E-state index >= 15 is 0 Å². The van der Waals surface area contributed by atoms with Crippen LogP contribution in [0.5, 0.6) is 5.75 Å². The van der Waals surface area contributed by atoms with Crippen LogP contribution in [-0.2, 0) is 0 Å². The summed E-state index contributed by atoms with van der Waals surface area (Å²) in [6.07, 6.45) is 3.45. The van der Waals surface area contributed by atoms with Crippen molar-refractivity contribution in [2.45, 2.75) is 0 Å². The average Bonchev–Trinajstić information content (AvgIpc) is 2.07. The molecule has 1 rings (SSSR count). The number of rotatable bonds is 2. The van der Waals surface area contributed by atoms with Crippen LogP contribution in [0.1, 0.15) is 5.69 Å². The molecule has 0 saturated heterocycles. The SMILES string of the molecule is Oc1ccc(Cl)nc1C=CCS. The summed E-state index contributed by atoms with van der Waals surface area (Å²) in [7, 11) is 0. The van der Waals surface area contributed by atoms with E-state index in [1.807, 2.05) is 0 Å². The minimum Gasteiger partial charge on any atom is -0.506 e. The zero-order valence-corrected chi connectivity index (χ0v) is 7.89. The molecule has 1 N–H and O–H groups in total. The Balaban J connectivity index is 2.97. The lowest BCUT2D eigenvalue weighted by molar-refractivity contribution is 0.471. The minimum atomic E-state index is 0.123. The monoisotopic (exact) mass is 201 g/mol. The van der Waals surface area contributed by atoms with Crippen molar-refractivity contribution in [1.82, 2.24) is 4.98 Å². The zero-order valence-electron chi connectivity index (χ0n) is 6.24. The summed E-state index contributed by atoms with van der Waals surface area (Å²) in [4.78, 5) is 3.90. The fourth-order valence-corrected chi connectivity index (χ4v) is 0.989. The van der Waals surface area contributed by atoms with Crippen molar-refractivity contribution >= 4 is 30.3 Å². The first-order chi connectivity index (χ1) is 5.74. The molecular weight excluding hydrogens is 194 g/mol. The fourth-order valence-electron chi connectivity index (χ4n) is 0.730. The number of nitrogens with zero attached hydrogens (tertiary/aromatic N) is 1. The summed E-state index contributed by atoms with van der Waals surface area (Å²) < 4.78 is 0. The molecule has 0 saturated carbocycles. The lowest BCUT2D eigenvalue weighted by Crippen LogP contribution is -1.82. The summed E-state index contributed by atoms with van der Waals surface area (Å²) in [6, 6.07) is 3.04. The lowest BCUT2D eigenvalue weighted by Gasteiger charge is -1.97. The summed E-state index contributed by atoms with van der Waals surface area (Å²) in [5.41, 5.74) is 0.469. The maximum atomic E-state index is 9.26. The molecule has 1 aromatic heterocycles. The highest BCUT2D eigenvalue weighted by Crippen LogP contribution is 2.18. The van der Waals surface area contributed by atoms with E-state index in [1.165, 1.54) is 12.1 Å². The van der Waals surface area contributed by atoms with Crippen molar-refractivity contribution in [1.29, 1.82) is 0 Å². The van der Waals surface area contributed by atoms with Crippen molar-refractivity contribution in [3.63, 3.8) is 0 Å². The van der Waals surface area contributed by atoms with Crippen molar-refractivity contribution in [2.24, 2.45) is 0 Å². The van der Waals surface area contributed by atoms with Gasteiger partial charge in [0.05, 0.1) is 0 Å². The highest BCUT2D eigenvalue weighted by Gasteiger charge is 1.98. The number of halogens is 1. The molecule has 0 radical (unpaired) electrons. The van der Waals surface area contributed by atoms with Crippen molar-refractivity contribution in [3.05, 3.63) is 29.1 Å². The van der Waals surface area contributed by atoms with E-state index in [4.69, 9.17) is 11.6 Å². The molecule has 2 nitrogen and oxygen atoms in total. The van der Waals surface area contributed by atoms with Crippen LogP contribution in [-0.4, -0.2) is 15.8 Å². The molecule has 64 valence electrons. The van der Waals surface area contributed by atoms with Crippen LogP contribution in [0, 0.1) is 0 Å². The Labute approximate surface area is 81.3 Å². The summed E-state index contributed by atoms with van der Waals surface area (Å²) in [6.45, 7) is 0. The van der Waals surface area contributed by atoms with Crippen LogP contribution >= 0.6 is 24.2 Å². The number of pyridine rings is 1. The molecule has 1 aromatic rings. The first kappa shape index (κ1) is 9.42. The molecule has 0 atom stereocenters. The summed E-state index contributed by atoms with van der Waals surface area (Å²) >= 11 is 9.60. The molecule has 0 aromatic carbocycles. The molecule has 0 amide bonds. The Kier molecular flexibility index (Phi) is 3.44. The second-order valence-corrected chi connectivity index (χ2v) is 2.88. The summed E-state index contributed by atoms with van der Waals surface area (Å²) in [5.74, 6) is 0.727. The smallest absolute Gasteiger partial charge is 0.141 e. The first-order valence-corrected chi connectivity index (χ1v) is 4.38. The van der Waals surface area contributed by atoms with Gasteiger partial charge in [0.2, 0.25) is 0 Å². The Morgan fingerprint density at radius 3 is 3.00 bits per heavy atom. The second kappa shape index (κ2) is 4.38. The fraction of sp³-hybridized carbons (Fsp3) is 0.125. The van der Waals surface area contributed by atoms with Crippen molar-refractivity contribution < 1.29 is 5.11 Å². The first-order valence-electron chi connectivity index (χ1n) is 3.37. The van der Waals surface area contributed by atoms with E-state index in [9.17, 15) is 5.11 Å². The van der Waals surface area contributed by atoms with Gasteiger partial charge in [0.1, 0.15) is 16.6 Å². The molecule has 0 aliphatic carbocycles. The quantitative estimate of drug-likeness (QED) is 0.569. The maximum Gasteiger partial charge on any atom is 0.141 e. The highest BCUT2D eigenvalue weighted by atomic mass is 35.5. The van der Waals surface area contributed by atoms with Crippen LogP contribution in [0.2, 0.25) is 5.15 Å². The third kappa shape index (κ3) is 2.43. The Morgan fingerprint density at radius 1 is 1.58 bits per heavy atom. The molecule has 0 fully saturated rings. The van der Waals surface area contributed by atoms with Crippen LogP contribution < -0.4 is 0 Å². The number of hydrogen-bond donors (Lipinski definition) is 2. The van der Waals surface area contributed by atoms with E-state index in [2.05, 4.69) is 17.6 Å². The predicted octanol–water partition coefficient (Wildman–Crippen LogP) is 2.38. The van der Waals surface area contributed by atoms with Crippen LogP contribution in [0.4, 0.5) is 0 Å². The van der Waals surface area contributed by atoms with Gasteiger partial charge in [0, 0.05) is 5.75 Å². The van der Waals surface area contributed by atoms with E-state index in [0.717, 1.165) is 0 Å². The number of thiol groups is 1. The number of aromatic nitrogens is 1. The minimum absolute atomic E-state index is 0.123. The van der Waals surface area contributed by atoms with Gasteiger partial charge in [-0.05, 0) is 18.2 Å². The predicted molar refractivity (Wildman–Crippen MR) is 53.8 cm³/mol. The Hall–Kier alpha value is -0.670. The molecule has 0 bridgehead atoms. The third-order valence-electron chi connectivity index (χ3n) is 1.25. The molecule has 0 unspecified atom stereocenters. The lowest BCUT2D eigenvalue weighted by atomic mass is 10.3. The molecule has 0 spiro atoms. The molecule has 1 heterocycles. The van der Waals surface area contributed by atoms with Crippen molar-refractivity contribution in [2.75, 3.05) is 5.75 Å². The average molecular weight is 202 g/mol. The zero-order chi connectivity index (χ0) is 8.97. The largest absolute Gasteiger partial charge is 0.506 e. The van der Waals surface area contributed by atoms with Crippen LogP contribution in [0.15, 0.2) is 18.2 Å². The van der Waals surface area contributed by atoms with Gasteiger partial charge in [-0.3, -0.25) is 0 Å². The van der Waals surface area contributed by atoms with Gasteiger partial charge < -0.3 is 5.11 Å². The van der Waals surface area contributed by atoms with Crippen LogP contribution in [0.25, 0.3) is 6.08 Å². The van der Waals surface area contributed by atoms with E-state index in [-0.39, 0.29) is 5.75 Å². The molecule has 0 aliphatic heterocycles. The third-order valence-corrected chi connectivity index (χ3v) is 1.67. The van der Waals surface area contributed by atoms with E-state index < -0.39 is 0 Å². The topological polar surface area (TPSA) is 33.1 Å². The summed E-state index contributed by atoms with van der Waals surface area (Å²) in [5, 5.41) is 9.63. The molecule has 12 heavy (non-hydrogen) atoms. The maximum absolute atomic E-state index is 9.26. The second-order valence-electron chi connectivity index (χ2n) is 2.12. The Morgan fingerprint density at radius 2 is 2.33 bits per heavy atom. The van der Waals surface area contributed by atoms with Gasteiger partial charge in [-0.25, -0.2) is 4.98 Å². The number of aromatic hydroxyl groups is 1. The normalized spacial score (nSPS) is 10.8. The van der Waals surface area contributed by atoms with E-state index in [0.29, 0.717) is 16.6 Å². The molecule has 4 heteroatoms.